The summed E-state index contributed by atoms with van der Waals surface area (Å²) in [5.74, 6) is 1.38. The van der Waals surface area contributed by atoms with E-state index in [9.17, 15) is 4.79 Å². The molecule has 0 spiro atoms. The first-order valence-corrected chi connectivity index (χ1v) is 10.7. The Labute approximate surface area is 193 Å². The van der Waals surface area contributed by atoms with E-state index < -0.39 is 0 Å². The van der Waals surface area contributed by atoms with Crippen LogP contribution in [-0.2, 0) is 6.42 Å². The van der Waals surface area contributed by atoms with Crippen molar-refractivity contribution >= 4 is 35.8 Å². The molecule has 1 aliphatic rings. The van der Waals surface area contributed by atoms with E-state index in [0.29, 0.717) is 11.5 Å². The molecule has 1 unspecified atom stereocenters. The van der Waals surface area contributed by atoms with Gasteiger partial charge in [0, 0.05) is 38.8 Å². The van der Waals surface area contributed by atoms with Gasteiger partial charge in [-0.3, -0.25) is 9.79 Å². The highest BCUT2D eigenvalue weighted by atomic mass is 127. The first-order chi connectivity index (χ1) is 13.6. The van der Waals surface area contributed by atoms with Crippen LogP contribution in [0.15, 0.2) is 29.3 Å². The second-order valence-corrected chi connectivity index (χ2v) is 7.64. The summed E-state index contributed by atoms with van der Waals surface area (Å²) in [4.78, 5) is 19.1. The third-order valence-corrected chi connectivity index (χ3v) is 5.05. The van der Waals surface area contributed by atoms with Crippen molar-refractivity contribution in [3.05, 3.63) is 35.4 Å². The molecule has 1 saturated heterocycles. The van der Waals surface area contributed by atoms with Gasteiger partial charge in [-0.05, 0) is 62.9 Å². The lowest BCUT2D eigenvalue weighted by atomic mass is 10.1. The van der Waals surface area contributed by atoms with Gasteiger partial charge in [-0.1, -0.05) is 25.5 Å². The Morgan fingerprint density at radius 1 is 1.21 bits per heavy atom. The fraction of sp³-hybridized carbons (Fsp3) is 0.636. The summed E-state index contributed by atoms with van der Waals surface area (Å²) in [6, 6.07) is 7.77. The molecule has 0 aliphatic carbocycles. The first kappa shape index (κ1) is 25.7. The van der Waals surface area contributed by atoms with Gasteiger partial charge in [0.25, 0.3) is 5.91 Å². The molecular weight excluding hydrogens is 477 g/mol. The number of guanidine groups is 1. The summed E-state index contributed by atoms with van der Waals surface area (Å²) in [6.45, 7) is 10.4. The molecule has 2 rings (SSSR count). The van der Waals surface area contributed by atoms with Crippen LogP contribution in [0.4, 0.5) is 0 Å². The van der Waals surface area contributed by atoms with Crippen molar-refractivity contribution in [2.75, 3.05) is 46.3 Å². The Bertz CT molecular complexity index is 631. The van der Waals surface area contributed by atoms with Crippen molar-refractivity contribution in [1.29, 1.82) is 0 Å². The average Bonchev–Trinajstić information content (AvgIpc) is 2.72. The molecule has 1 aromatic rings. The van der Waals surface area contributed by atoms with Gasteiger partial charge in [-0.15, -0.1) is 24.0 Å². The molecular formula is C22H38IN5O. The summed E-state index contributed by atoms with van der Waals surface area (Å²) in [5.41, 5.74) is 1.84. The zero-order valence-electron chi connectivity index (χ0n) is 18.2. The molecule has 1 fully saturated rings. The second kappa shape index (κ2) is 14.6. The van der Waals surface area contributed by atoms with Gasteiger partial charge in [-0.25, -0.2) is 0 Å². The van der Waals surface area contributed by atoms with Gasteiger partial charge in [0.1, 0.15) is 0 Å². The Kier molecular flexibility index (Phi) is 12.9. The minimum atomic E-state index is -0.0487. The second-order valence-electron chi connectivity index (χ2n) is 7.64. The standard InChI is InChI=1S/C22H37N5O.HI/c1-4-24-22(26-16-18(2)17-27-13-6-5-7-14-27)25-12-11-19-9-8-10-20(15-19)21(28)23-3;/h8-10,15,18H,4-7,11-14,16-17H2,1-3H3,(H,23,28)(H2,24,25,26);1H. The fourth-order valence-electron chi connectivity index (χ4n) is 3.57. The molecule has 1 heterocycles. The largest absolute Gasteiger partial charge is 0.357 e. The van der Waals surface area contributed by atoms with E-state index in [0.717, 1.165) is 44.1 Å². The first-order valence-electron chi connectivity index (χ1n) is 10.7. The molecule has 29 heavy (non-hydrogen) atoms. The van der Waals surface area contributed by atoms with Crippen LogP contribution in [0.1, 0.15) is 49.0 Å². The summed E-state index contributed by atoms with van der Waals surface area (Å²) < 4.78 is 0. The highest BCUT2D eigenvalue weighted by Gasteiger charge is 2.13. The molecule has 1 amide bonds. The lowest BCUT2D eigenvalue weighted by Gasteiger charge is -2.28. The number of likely N-dealkylation sites (tertiary alicyclic amines) is 1. The summed E-state index contributed by atoms with van der Waals surface area (Å²) in [5, 5.41) is 9.41. The molecule has 0 saturated carbocycles. The number of aliphatic imine (C=N–C) groups is 1. The highest BCUT2D eigenvalue weighted by Crippen LogP contribution is 2.11. The number of hydrogen-bond acceptors (Lipinski definition) is 3. The van der Waals surface area contributed by atoms with E-state index in [-0.39, 0.29) is 29.9 Å². The zero-order chi connectivity index (χ0) is 20.2. The van der Waals surface area contributed by atoms with E-state index in [1.54, 1.807) is 7.05 Å². The smallest absolute Gasteiger partial charge is 0.251 e. The molecule has 164 valence electrons. The van der Waals surface area contributed by atoms with Crippen LogP contribution >= 0.6 is 24.0 Å². The summed E-state index contributed by atoms with van der Waals surface area (Å²) >= 11 is 0. The van der Waals surface area contributed by atoms with Crippen molar-refractivity contribution in [3.63, 3.8) is 0 Å². The van der Waals surface area contributed by atoms with Gasteiger partial charge in [0.15, 0.2) is 5.96 Å². The lowest BCUT2D eigenvalue weighted by molar-refractivity contribution is 0.0963. The third kappa shape index (κ3) is 9.80. The average molecular weight is 515 g/mol. The normalized spacial score (nSPS) is 15.9. The van der Waals surface area contributed by atoms with Gasteiger partial charge in [0.05, 0.1) is 0 Å². The monoisotopic (exact) mass is 515 g/mol. The van der Waals surface area contributed by atoms with E-state index in [2.05, 4.69) is 40.8 Å². The van der Waals surface area contributed by atoms with Crippen molar-refractivity contribution in [3.8, 4) is 0 Å². The number of rotatable bonds is 9. The predicted molar refractivity (Wildman–Crippen MR) is 132 cm³/mol. The van der Waals surface area contributed by atoms with E-state index in [1.807, 2.05) is 18.2 Å². The van der Waals surface area contributed by atoms with E-state index in [1.165, 1.54) is 32.4 Å². The van der Waals surface area contributed by atoms with Crippen LogP contribution < -0.4 is 16.0 Å². The predicted octanol–water partition coefficient (Wildman–Crippen LogP) is 2.88. The minimum absolute atomic E-state index is 0. The maximum atomic E-state index is 11.8. The highest BCUT2D eigenvalue weighted by molar-refractivity contribution is 14.0. The molecule has 6 nitrogen and oxygen atoms in total. The number of carbonyl (C=O) groups is 1. The number of nitrogens with one attached hydrogen (secondary N) is 3. The number of benzene rings is 1. The van der Waals surface area contributed by atoms with Gasteiger partial charge in [0.2, 0.25) is 0 Å². The van der Waals surface area contributed by atoms with Gasteiger partial charge < -0.3 is 20.9 Å². The van der Waals surface area contributed by atoms with Crippen molar-refractivity contribution < 1.29 is 4.79 Å². The van der Waals surface area contributed by atoms with Crippen LogP contribution in [0.2, 0.25) is 0 Å². The van der Waals surface area contributed by atoms with Crippen molar-refractivity contribution in [2.24, 2.45) is 10.9 Å². The molecule has 0 bridgehead atoms. The maximum absolute atomic E-state index is 11.8. The van der Waals surface area contributed by atoms with E-state index >= 15 is 0 Å². The number of halogens is 1. The van der Waals surface area contributed by atoms with Crippen LogP contribution in [0.25, 0.3) is 0 Å². The van der Waals surface area contributed by atoms with Crippen LogP contribution in [0, 0.1) is 5.92 Å². The quantitative estimate of drug-likeness (QED) is 0.269. The molecule has 0 aromatic heterocycles. The minimum Gasteiger partial charge on any atom is -0.357 e. The summed E-state index contributed by atoms with van der Waals surface area (Å²) in [7, 11) is 1.65. The number of amides is 1. The lowest BCUT2D eigenvalue weighted by Crippen LogP contribution is -2.39. The number of hydrogen-bond donors (Lipinski definition) is 3. The molecule has 1 aliphatic heterocycles. The third-order valence-electron chi connectivity index (χ3n) is 5.05. The topological polar surface area (TPSA) is 68.8 Å². The van der Waals surface area contributed by atoms with Crippen LogP contribution in [-0.4, -0.2) is 63.1 Å². The number of carbonyl (C=O) groups excluding carboxylic acids is 1. The molecule has 1 aromatic carbocycles. The van der Waals surface area contributed by atoms with Crippen LogP contribution in [0.3, 0.4) is 0 Å². The molecule has 7 heteroatoms. The fourth-order valence-corrected chi connectivity index (χ4v) is 3.57. The Hall–Kier alpha value is -1.35. The SMILES string of the molecule is CCNC(=NCC(C)CN1CCCCC1)NCCc1cccc(C(=O)NC)c1.I. The molecule has 3 N–H and O–H groups in total. The Balaban J connectivity index is 0.00000420. The van der Waals surface area contributed by atoms with Crippen molar-refractivity contribution in [2.45, 2.75) is 39.5 Å². The summed E-state index contributed by atoms with van der Waals surface area (Å²) in [6.07, 6.45) is 4.89. The molecule has 0 radical (unpaired) electrons. The van der Waals surface area contributed by atoms with E-state index in [4.69, 9.17) is 4.99 Å². The maximum Gasteiger partial charge on any atom is 0.251 e. The molecule has 1 atom stereocenters. The number of piperidine rings is 1. The van der Waals surface area contributed by atoms with Crippen molar-refractivity contribution in [1.82, 2.24) is 20.9 Å². The Morgan fingerprint density at radius 3 is 2.66 bits per heavy atom. The Morgan fingerprint density at radius 2 is 1.97 bits per heavy atom. The van der Waals surface area contributed by atoms with Gasteiger partial charge in [-0.2, -0.15) is 0 Å². The van der Waals surface area contributed by atoms with Crippen LogP contribution in [0.5, 0.6) is 0 Å². The van der Waals surface area contributed by atoms with Gasteiger partial charge >= 0.3 is 0 Å². The zero-order valence-corrected chi connectivity index (χ0v) is 20.5. The number of nitrogens with zero attached hydrogens (tertiary/aromatic N) is 2.